The molecule has 3 rings (SSSR count). The Balaban J connectivity index is 2.11. The highest BCUT2D eigenvalue weighted by Crippen LogP contribution is 2.38. The normalized spacial score (nSPS) is 10.7. The van der Waals surface area contributed by atoms with E-state index in [1.165, 1.54) is 17.5 Å². The van der Waals surface area contributed by atoms with Gasteiger partial charge in [-0.3, -0.25) is 15.1 Å². The van der Waals surface area contributed by atoms with Gasteiger partial charge in [0.1, 0.15) is 5.75 Å². The van der Waals surface area contributed by atoms with Crippen molar-refractivity contribution < 1.29 is 9.66 Å². The first kappa shape index (κ1) is 12.9. The Morgan fingerprint density at radius 2 is 2.20 bits per heavy atom. The van der Waals surface area contributed by atoms with E-state index in [1.807, 2.05) is 0 Å². The molecule has 8 heteroatoms. The molecule has 0 fully saturated rings. The molecule has 6 nitrogen and oxygen atoms in total. The van der Waals surface area contributed by atoms with Crippen LogP contribution in [-0.2, 0) is 0 Å². The fourth-order valence-electron chi connectivity index (χ4n) is 1.73. The number of halogens is 1. The fourth-order valence-corrected chi connectivity index (χ4v) is 2.76. The molecule has 0 amide bonds. The number of aromatic nitrogens is 2. The van der Waals surface area contributed by atoms with Gasteiger partial charge in [0, 0.05) is 10.7 Å². The number of rotatable bonds is 3. The molecule has 0 bridgehead atoms. The Morgan fingerprint density at radius 1 is 1.35 bits per heavy atom. The molecule has 0 unspecified atom stereocenters. The predicted molar refractivity (Wildman–Crippen MR) is 78.3 cm³/mol. The molecule has 2 heterocycles. The van der Waals surface area contributed by atoms with Crippen LogP contribution in [0.15, 0.2) is 40.6 Å². The third-order valence-electron chi connectivity index (χ3n) is 2.53. The summed E-state index contributed by atoms with van der Waals surface area (Å²) in [5, 5.41) is 11.3. The molecule has 0 aliphatic heterocycles. The number of nitro benzene ring substituents is 1. The summed E-state index contributed by atoms with van der Waals surface area (Å²) >= 11 is 4.61. The van der Waals surface area contributed by atoms with Crippen LogP contribution < -0.4 is 4.74 Å². The lowest BCUT2D eigenvalue weighted by atomic mass is 10.2. The summed E-state index contributed by atoms with van der Waals surface area (Å²) in [5.41, 5.74) is 1.77. The third-order valence-corrected chi connectivity index (χ3v) is 3.76. The molecule has 20 heavy (non-hydrogen) atoms. The number of fused-ring (bicyclic) bond motifs is 1. The average Bonchev–Trinajstić information content (AvgIpc) is 2.86. The van der Waals surface area contributed by atoms with E-state index in [4.69, 9.17) is 4.74 Å². The summed E-state index contributed by atoms with van der Waals surface area (Å²) in [4.78, 5) is 18.8. The summed E-state index contributed by atoms with van der Waals surface area (Å²) in [7, 11) is 0. The lowest BCUT2D eigenvalue weighted by Crippen LogP contribution is -1.95. The molecular formula is C12H6BrN3O3S. The fraction of sp³-hybridized carbons (Fsp3) is 0. The quantitative estimate of drug-likeness (QED) is 0.523. The van der Waals surface area contributed by atoms with Gasteiger partial charge in [-0.25, -0.2) is 4.98 Å². The van der Waals surface area contributed by atoms with Gasteiger partial charge < -0.3 is 4.74 Å². The molecule has 2 aromatic heterocycles. The number of hydrogen-bond acceptors (Lipinski definition) is 6. The highest BCUT2D eigenvalue weighted by molar-refractivity contribution is 9.10. The van der Waals surface area contributed by atoms with Gasteiger partial charge in [-0.15, -0.1) is 11.3 Å². The van der Waals surface area contributed by atoms with Crippen LogP contribution in [0.4, 0.5) is 5.69 Å². The summed E-state index contributed by atoms with van der Waals surface area (Å²) in [5.74, 6) is 0.561. The largest absolute Gasteiger partial charge is 0.448 e. The highest BCUT2D eigenvalue weighted by Gasteiger charge is 2.22. The number of pyridine rings is 1. The van der Waals surface area contributed by atoms with E-state index in [2.05, 4.69) is 25.9 Å². The van der Waals surface area contributed by atoms with E-state index in [-0.39, 0.29) is 11.4 Å². The van der Waals surface area contributed by atoms with Crippen LogP contribution in [0.2, 0.25) is 0 Å². The highest BCUT2D eigenvalue weighted by atomic mass is 79.9. The molecule has 0 atom stereocenters. The second-order valence-corrected chi connectivity index (χ2v) is 5.61. The number of ether oxygens (including phenoxy) is 1. The minimum absolute atomic E-state index is 0.135. The van der Waals surface area contributed by atoms with E-state index >= 15 is 0 Å². The minimum atomic E-state index is -0.483. The number of hydrogen-bond donors (Lipinski definition) is 0. The maximum atomic E-state index is 11.3. The summed E-state index contributed by atoms with van der Waals surface area (Å²) < 4.78 is 7.04. The van der Waals surface area contributed by atoms with Gasteiger partial charge >= 0.3 is 5.69 Å². The van der Waals surface area contributed by atoms with Crippen LogP contribution in [0.25, 0.3) is 10.2 Å². The van der Waals surface area contributed by atoms with E-state index < -0.39 is 4.92 Å². The van der Waals surface area contributed by atoms with Crippen molar-refractivity contribution in [2.75, 3.05) is 0 Å². The summed E-state index contributed by atoms with van der Waals surface area (Å²) in [6.07, 6.45) is 3.09. The van der Waals surface area contributed by atoms with Crippen LogP contribution in [0.1, 0.15) is 0 Å². The zero-order valence-electron chi connectivity index (χ0n) is 9.82. The molecular weight excluding hydrogens is 346 g/mol. The smallest absolute Gasteiger partial charge is 0.338 e. The summed E-state index contributed by atoms with van der Waals surface area (Å²) in [6, 6.07) is 5.00. The van der Waals surface area contributed by atoms with Crippen molar-refractivity contribution in [2.45, 2.75) is 0 Å². The van der Waals surface area contributed by atoms with E-state index in [1.54, 1.807) is 29.9 Å². The van der Waals surface area contributed by atoms with E-state index in [0.717, 1.165) is 9.17 Å². The van der Waals surface area contributed by atoms with E-state index in [0.29, 0.717) is 11.3 Å². The molecule has 100 valence electrons. The van der Waals surface area contributed by atoms with Gasteiger partial charge in [-0.2, -0.15) is 0 Å². The zero-order chi connectivity index (χ0) is 14.1. The first-order valence-corrected chi connectivity index (χ1v) is 7.11. The van der Waals surface area contributed by atoms with E-state index in [9.17, 15) is 10.1 Å². The lowest BCUT2D eigenvalue weighted by molar-refractivity contribution is -0.384. The Kier molecular flexibility index (Phi) is 3.33. The van der Waals surface area contributed by atoms with Gasteiger partial charge in [0.15, 0.2) is 5.52 Å². The maximum absolute atomic E-state index is 11.3. The predicted octanol–water partition coefficient (Wildman–Crippen LogP) is 4.15. The second-order valence-electron chi connectivity index (χ2n) is 3.81. The minimum Gasteiger partial charge on any atom is -0.448 e. The van der Waals surface area contributed by atoms with Crippen molar-refractivity contribution in [1.82, 2.24) is 9.97 Å². The van der Waals surface area contributed by atoms with Gasteiger partial charge in [0.05, 0.1) is 21.3 Å². The molecule has 3 aromatic rings. The van der Waals surface area contributed by atoms with Crippen molar-refractivity contribution in [3.63, 3.8) is 0 Å². The van der Waals surface area contributed by atoms with Gasteiger partial charge in [0.2, 0.25) is 5.75 Å². The van der Waals surface area contributed by atoms with Gasteiger partial charge in [0.25, 0.3) is 0 Å². The third kappa shape index (κ3) is 2.35. The number of benzene rings is 1. The Morgan fingerprint density at radius 3 is 2.95 bits per heavy atom. The monoisotopic (exact) mass is 351 g/mol. The van der Waals surface area contributed by atoms with Crippen molar-refractivity contribution >= 4 is 43.2 Å². The number of thiazole rings is 1. The second kappa shape index (κ2) is 5.14. The molecule has 0 saturated carbocycles. The van der Waals surface area contributed by atoms with Crippen LogP contribution in [0, 0.1) is 10.1 Å². The van der Waals surface area contributed by atoms with Gasteiger partial charge in [-0.1, -0.05) is 0 Å². The van der Waals surface area contributed by atoms with Crippen LogP contribution in [-0.4, -0.2) is 14.9 Å². The van der Waals surface area contributed by atoms with Crippen molar-refractivity contribution in [2.24, 2.45) is 0 Å². The molecule has 0 spiro atoms. The van der Waals surface area contributed by atoms with Crippen LogP contribution in [0.5, 0.6) is 11.5 Å². The first-order valence-electron chi connectivity index (χ1n) is 5.44. The SMILES string of the molecule is O=[N+]([O-])c1c(Oc2cncc(Br)c2)ccc2scnc12. The average molecular weight is 352 g/mol. The molecule has 0 aliphatic rings. The molecule has 0 N–H and O–H groups in total. The topological polar surface area (TPSA) is 78.2 Å². The van der Waals surface area contributed by atoms with Crippen molar-refractivity contribution in [1.29, 1.82) is 0 Å². The maximum Gasteiger partial charge on any atom is 0.338 e. The zero-order valence-corrected chi connectivity index (χ0v) is 12.2. The lowest BCUT2D eigenvalue weighted by Gasteiger charge is -2.06. The number of nitro groups is 1. The Bertz CT molecular complexity index is 805. The molecule has 1 aromatic carbocycles. The van der Waals surface area contributed by atoms with Crippen LogP contribution in [0.3, 0.4) is 0 Å². The van der Waals surface area contributed by atoms with Crippen molar-refractivity contribution in [3.05, 3.63) is 50.7 Å². The van der Waals surface area contributed by atoms with Crippen molar-refractivity contribution in [3.8, 4) is 11.5 Å². The van der Waals surface area contributed by atoms with Gasteiger partial charge in [-0.05, 0) is 34.1 Å². The molecule has 0 radical (unpaired) electrons. The summed E-state index contributed by atoms with van der Waals surface area (Å²) in [6.45, 7) is 0. The Labute approximate surface area is 125 Å². The molecule has 0 aliphatic carbocycles. The Hall–Kier alpha value is -2.06. The first-order chi connectivity index (χ1) is 9.65. The van der Waals surface area contributed by atoms with Crippen LogP contribution >= 0.6 is 27.3 Å². The molecule has 0 saturated heterocycles. The standard InChI is InChI=1S/C12H6BrN3O3S/c13-7-3-8(5-14-4-7)19-9-1-2-10-11(15-6-20-10)12(9)16(17)18/h1-6H. The number of nitrogens with zero attached hydrogens (tertiary/aromatic N) is 3.